The molecule has 1 N–H and O–H groups in total. The van der Waals surface area contributed by atoms with Crippen LogP contribution in [0.2, 0.25) is 0 Å². The average Bonchev–Trinajstić information content (AvgIpc) is 3.45. The zero-order valence-corrected chi connectivity index (χ0v) is 24.9. The Bertz CT molecular complexity index is 1360. The van der Waals surface area contributed by atoms with Gasteiger partial charge in [0.05, 0.1) is 24.4 Å². The summed E-state index contributed by atoms with van der Waals surface area (Å²) in [5.41, 5.74) is 1.72. The number of carbonyl (C=O) groups is 2. The van der Waals surface area contributed by atoms with Crippen molar-refractivity contribution in [3.8, 4) is 17.2 Å². The summed E-state index contributed by atoms with van der Waals surface area (Å²) >= 11 is 0. The topological polar surface area (TPSA) is 97.6 Å². The van der Waals surface area contributed by atoms with Crippen molar-refractivity contribution in [1.29, 1.82) is 0 Å². The number of methoxy groups -OCH3 is 1. The molecule has 41 heavy (non-hydrogen) atoms. The number of amides is 1. The van der Waals surface area contributed by atoms with Gasteiger partial charge in [0.1, 0.15) is 11.8 Å². The average molecular weight is 561 g/mol. The van der Waals surface area contributed by atoms with E-state index in [-0.39, 0.29) is 23.3 Å². The van der Waals surface area contributed by atoms with Gasteiger partial charge < -0.3 is 19.4 Å². The zero-order chi connectivity index (χ0) is 29.0. The number of hydrogen-bond donors (Lipinski definition) is 1. The molecule has 1 spiro atoms. The minimum atomic E-state index is -0.328. The van der Waals surface area contributed by atoms with Gasteiger partial charge in [-0.3, -0.25) is 9.59 Å². The first-order valence-electron chi connectivity index (χ1n) is 15.3. The fourth-order valence-electron chi connectivity index (χ4n) is 6.31. The van der Waals surface area contributed by atoms with Crippen LogP contribution in [-0.2, 0) is 9.59 Å². The maximum atomic E-state index is 13.5. The fraction of sp³-hybridized carbons (Fsp3) is 0.576. The first kappa shape index (κ1) is 29.2. The summed E-state index contributed by atoms with van der Waals surface area (Å²) in [6, 6.07) is 10.1. The predicted molar refractivity (Wildman–Crippen MR) is 160 cm³/mol. The lowest BCUT2D eigenvalue weighted by atomic mass is 9.90. The lowest BCUT2D eigenvalue weighted by Crippen LogP contribution is -2.41. The van der Waals surface area contributed by atoms with Crippen LogP contribution in [-0.4, -0.2) is 52.8 Å². The third-order valence-electron chi connectivity index (χ3n) is 9.16. The van der Waals surface area contributed by atoms with Gasteiger partial charge in [0.25, 0.3) is 0 Å². The number of benzene rings is 1. The standard InChI is InChI=1S/C33H44N4O4/c1-5-24(38)12-7-6-8-14-28(35-30(39)26-20-33(26)15-17-37(18-16-33)22(2)3)32-34-21-29(41-32)25-19-23-11-9-10-13-27(23)36-31(25)40-4/h9-11,13,19,21-22,26,28H,5-8,12,14-18,20H2,1-4H3,(H,35,39)/t26-,28+/m1/s1. The van der Waals surface area contributed by atoms with Gasteiger partial charge in [0, 0.05) is 30.2 Å². The number of rotatable bonds is 13. The first-order chi connectivity index (χ1) is 19.8. The summed E-state index contributed by atoms with van der Waals surface area (Å²) in [5.74, 6) is 2.00. The minimum absolute atomic E-state index is 0.0562. The molecule has 0 unspecified atom stereocenters. The number of unbranched alkanes of at least 4 members (excludes halogenated alkanes) is 2. The molecule has 3 aromatic rings. The Hall–Kier alpha value is -3.26. The minimum Gasteiger partial charge on any atom is -0.480 e. The summed E-state index contributed by atoms with van der Waals surface area (Å²) in [6.07, 6.45) is 9.39. The maximum absolute atomic E-state index is 13.5. The molecule has 1 aliphatic heterocycles. The van der Waals surface area contributed by atoms with Gasteiger partial charge in [0.2, 0.25) is 17.7 Å². The molecule has 2 aliphatic rings. The van der Waals surface area contributed by atoms with E-state index in [0.29, 0.717) is 48.6 Å². The van der Waals surface area contributed by atoms with Gasteiger partial charge in [0.15, 0.2) is 5.76 Å². The molecule has 1 saturated heterocycles. The van der Waals surface area contributed by atoms with Crippen molar-refractivity contribution in [3.63, 3.8) is 0 Å². The normalized spacial score (nSPS) is 19.0. The summed E-state index contributed by atoms with van der Waals surface area (Å²) in [7, 11) is 1.60. The number of carbonyl (C=O) groups excluding carboxylic acids is 2. The molecule has 3 heterocycles. The number of ether oxygens (including phenoxy) is 1. The number of pyridine rings is 1. The molecule has 2 atom stereocenters. The molecular formula is C33H44N4O4. The van der Waals surface area contributed by atoms with Crippen LogP contribution in [0.1, 0.15) is 90.5 Å². The van der Waals surface area contributed by atoms with Crippen LogP contribution in [0.5, 0.6) is 5.88 Å². The summed E-state index contributed by atoms with van der Waals surface area (Å²) in [6.45, 7) is 8.52. The van der Waals surface area contributed by atoms with Crippen LogP contribution in [0.25, 0.3) is 22.2 Å². The van der Waals surface area contributed by atoms with E-state index in [4.69, 9.17) is 9.15 Å². The van der Waals surface area contributed by atoms with Crippen molar-refractivity contribution in [2.75, 3.05) is 20.2 Å². The van der Waals surface area contributed by atoms with Crippen molar-refractivity contribution in [3.05, 3.63) is 42.4 Å². The van der Waals surface area contributed by atoms with Gasteiger partial charge in [-0.15, -0.1) is 0 Å². The van der Waals surface area contributed by atoms with E-state index in [1.165, 1.54) is 0 Å². The second-order valence-electron chi connectivity index (χ2n) is 12.1. The highest BCUT2D eigenvalue weighted by Crippen LogP contribution is 2.59. The van der Waals surface area contributed by atoms with E-state index in [1.54, 1.807) is 13.3 Å². The van der Waals surface area contributed by atoms with Crippen LogP contribution < -0.4 is 10.1 Å². The van der Waals surface area contributed by atoms with E-state index >= 15 is 0 Å². The molecular weight excluding hydrogens is 516 g/mol. The van der Waals surface area contributed by atoms with E-state index in [0.717, 1.165) is 68.1 Å². The van der Waals surface area contributed by atoms with Crippen molar-refractivity contribution < 1.29 is 18.7 Å². The largest absolute Gasteiger partial charge is 0.480 e. The molecule has 0 bridgehead atoms. The van der Waals surface area contributed by atoms with Crippen molar-refractivity contribution in [2.24, 2.45) is 11.3 Å². The third-order valence-corrected chi connectivity index (χ3v) is 9.16. The number of para-hydroxylation sites is 1. The highest BCUT2D eigenvalue weighted by molar-refractivity contribution is 5.85. The van der Waals surface area contributed by atoms with Gasteiger partial charge in [-0.05, 0) is 76.6 Å². The lowest BCUT2D eigenvalue weighted by Gasteiger charge is -2.35. The van der Waals surface area contributed by atoms with Gasteiger partial charge in [-0.2, -0.15) is 0 Å². The Morgan fingerprint density at radius 1 is 1.17 bits per heavy atom. The highest BCUT2D eigenvalue weighted by atomic mass is 16.5. The Kier molecular flexibility index (Phi) is 9.07. The number of nitrogens with zero attached hydrogens (tertiary/aromatic N) is 3. The monoisotopic (exact) mass is 560 g/mol. The third kappa shape index (κ3) is 6.64. The number of oxazole rings is 1. The zero-order valence-electron chi connectivity index (χ0n) is 24.9. The molecule has 8 nitrogen and oxygen atoms in total. The number of aromatic nitrogens is 2. The number of nitrogens with one attached hydrogen (secondary N) is 1. The molecule has 0 radical (unpaired) electrons. The smallest absolute Gasteiger partial charge is 0.224 e. The summed E-state index contributed by atoms with van der Waals surface area (Å²) < 4.78 is 11.9. The number of likely N-dealkylation sites (tertiary alicyclic amines) is 1. The van der Waals surface area contributed by atoms with Gasteiger partial charge in [-0.25, -0.2) is 9.97 Å². The van der Waals surface area contributed by atoms with E-state index in [9.17, 15) is 9.59 Å². The van der Waals surface area contributed by atoms with Crippen LogP contribution in [0.4, 0.5) is 0 Å². The van der Waals surface area contributed by atoms with E-state index < -0.39 is 0 Å². The van der Waals surface area contributed by atoms with Gasteiger partial charge >= 0.3 is 0 Å². The molecule has 1 amide bonds. The Morgan fingerprint density at radius 2 is 1.95 bits per heavy atom. The first-order valence-corrected chi connectivity index (χ1v) is 15.3. The van der Waals surface area contributed by atoms with Gasteiger partial charge in [-0.1, -0.05) is 38.0 Å². The molecule has 1 aliphatic carbocycles. The number of piperidine rings is 1. The molecule has 1 aromatic carbocycles. The SMILES string of the molecule is CCC(=O)CCCCC[C@H](NC(=O)[C@H]1CC12CCN(C(C)C)CC2)c1ncc(-c2cc3ccccc3nc2OC)o1. The maximum Gasteiger partial charge on any atom is 0.224 e. The lowest BCUT2D eigenvalue weighted by molar-refractivity contribution is -0.124. The Balaban J connectivity index is 1.30. The number of fused-ring (bicyclic) bond motifs is 1. The second-order valence-corrected chi connectivity index (χ2v) is 12.1. The Morgan fingerprint density at radius 3 is 2.68 bits per heavy atom. The summed E-state index contributed by atoms with van der Waals surface area (Å²) in [5, 5.41) is 4.29. The number of hydrogen-bond acceptors (Lipinski definition) is 7. The van der Waals surface area contributed by atoms with E-state index in [1.807, 2.05) is 37.3 Å². The summed E-state index contributed by atoms with van der Waals surface area (Å²) in [4.78, 5) is 37.1. The van der Waals surface area contributed by atoms with Crippen LogP contribution in [0.15, 0.2) is 40.9 Å². The fourth-order valence-corrected chi connectivity index (χ4v) is 6.31. The molecule has 2 fully saturated rings. The van der Waals surface area contributed by atoms with E-state index in [2.05, 4.69) is 34.0 Å². The molecule has 1 saturated carbocycles. The molecule has 8 heteroatoms. The van der Waals surface area contributed by atoms with Crippen molar-refractivity contribution in [2.45, 2.75) is 90.6 Å². The number of Topliss-reactive ketones (excluding diaryl/α,β-unsaturated/α-hetero) is 1. The second kappa shape index (κ2) is 12.7. The van der Waals surface area contributed by atoms with Crippen LogP contribution in [0.3, 0.4) is 0 Å². The number of ketones is 1. The molecule has 5 rings (SSSR count). The predicted octanol–water partition coefficient (Wildman–Crippen LogP) is 6.50. The molecule has 2 aromatic heterocycles. The molecule has 220 valence electrons. The van der Waals surface area contributed by atoms with Crippen LogP contribution >= 0.6 is 0 Å². The Labute approximate surface area is 243 Å². The quantitative estimate of drug-likeness (QED) is 0.238. The van der Waals surface area contributed by atoms with Crippen LogP contribution in [0, 0.1) is 11.3 Å². The van der Waals surface area contributed by atoms with Crippen molar-refractivity contribution in [1.82, 2.24) is 20.2 Å². The van der Waals surface area contributed by atoms with Crippen molar-refractivity contribution >= 4 is 22.6 Å². The highest BCUT2D eigenvalue weighted by Gasteiger charge is 2.58.